The lowest BCUT2D eigenvalue weighted by Gasteiger charge is -2.39. The predicted octanol–water partition coefficient (Wildman–Crippen LogP) is 1.35. The highest BCUT2D eigenvalue weighted by Crippen LogP contribution is 2.42. The Bertz CT molecular complexity index is 673. The van der Waals surface area contributed by atoms with Crippen LogP contribution in [0.5, 0.6) is 6.01 Å². The summed E-state index contributed by atoms with van der Waals surface area (Å²) >= 11 is 0. The highest BCUT2D eigenvalue weighted by atomic mass is 16.5. The Kier molecular flexibility index (Phi) is 4.09. The maximum Gasteiger partial charge on any atom is 0.316 e. The van der Waals surface area contributed by atoms with E-state index in [4.69, 9.17) is 4.74 Å². The number of carbonyl (C=O) groups is 2. The molecular weight excluding hydrogens is 320 g/mol. The molecule has 1 atom stereocenters. The monoisotopic (exact) mass is 344 g/mol. The van der Waals surface area contributed by atoms with Gasteiger partial charge in [-0.3, -0.25) is 9.59 Å². The summed E-state index contributed by atoms with van der Waals surface area (Å²) in [5.74, 6) is 0.855. The number of nitrogens with zero attached hydrogens (tertiary/aromatic N) is 4. The van der Waals surface area contributed by atoms with Crippen LogP contribution in [0.15, 0.2) is 12.4 Å². The summed E-state index contributed by atoms with van der Waals surface area (Å²) in [6, 6.07) is 0.243. The van der Waals surface area contributed by atoms with Crippen LogP contribution in [0, 0.1) is 11.3 Å². The van der Waals surface area contributed by atoms with Crippen LogP contribution in [0.25, 0.3) is 0 Å². The van der Waals surface area contributed by atoms with Gasteiger partial charge in [-0.1, -0.05) is 0 Å². The maximum absolute atomic E-state index is 13.0. The fourth-order valence-electron chi connectivity index (χ4n) is 4.08. The van der Waals surface area contributed by atoms with Gasteiger partial charge in [0.15, 0.2) is 0 Å². The highest BCUT2D eigenvalue weighted by Gasteiger charge is 2.50. The van der Waals surface area contributed by atoms with Crippen molar-refractivity contribution in [2.24, 2.45) is 11.3 Å². The Balaban J connectivity index is 1.45. The van der Waals surface area contributed by atoms with E-state index in [1.807, 2.05) is 4.90 Å². The van der Waals surface area contributed by atoms with Crippen molar-refractivity contribution in [2.45, 2.75) is 32.1 Å². The van der Waals surface area contributed by atoms with Gasteiger partial charge < -0.3 is 14.5 Å². The van der Waals surface area contributed by atoms with Gasteiger partial charge in [-0.05, 0) is 38.0 Å². The minimum atomic E-state index is -0.379. The lowest BCUT2D eigenvalue weighted by Crippen LogP contribution is -2.50. The Morgan fingerprint density at radius 3 is 2.72 bits per heavy atom. The number of likely N-dealkylation sites (tertiary alicyclic amines) is 2. The predicted molar refractivity (Wildman–Crippen MR) is 90.1 cm³/mol. The van der Waals surface area contributed by atoms with Crippen molar-refractivity contribution < 1.29 is 14.3 Å². The lowest BCUT2D eigenvalue weighted by atomic mass is 9.78. The van der Waals surface area contributed by atoms with Crippen molar-refractivity contribution in [2.75, 3.05) is 33.3 Å². The first-order valence-corrected chi connectivity index (χ1v) is 9.06. The standard InChI is InChI=1S/C18H24N4O3/c1-25-17-19-9-14(10-20-17)15(23)22-8-6-18(12-22)5-2-7-21(16(18)24)11-13-3-4-13/h9-10,13H,2-8,11-12H2,1H3. The normalized spacial score (nSPS) is 26.4. The average Bonchev–Trinajstić information content (AvgIpc) is 3.36. The molecule has 2 amide bonds. The molecule has 134 valence electrons. The molecule has 1 aromatic rings. The largest absolute Gasteiger partial charge is 0.467 e. The van der Waals surface area contributed by atoms with E-state index in [0.717, 1.165) is 32.4 Å². The van der Waals surface area contributed by atoms with Crippen LogP contribution in [-0.4, -0.2) is 64.9 Å². The van der Waals surface area contributed by atoms with Gasteiger partial charge in [0.1, 0.15) is 0 Å². The molecule has 0 aromatic carbocycles. The second-order valence-electron chi connectivity index (χ2n) is 7.51. The molecule has 25 heavy (non-hydrogen) atoms. The minimum Gasteiger partial charge on any atom is -0.467 e. The minimum absolute atomic E-state index is 0.105. The molecule has 2 aliphatic heterocycles. The SMILES string of the molecule is COc1ncc(C(=O)N2CCC3(CCCN(CC4CC4)C3=O)C2)cn1. The number of piperidine rings is 1. The number of aromatic nitrogens is 2. The summed E-state index contributed by atoms with van der Waals surface area (Å²) < 4.78 is 4.93. The van der Waals surface area contributed by atoms with Crippen LogP contribution >= 0.6 is 0 Å². The molecule has 2 saturated heterocycles. The van der Waals surface area contributed by atoms with Gasteiger partial charge in [0, 0.05) is 38.6 Å². The number of amides is 2. The lowest BCUT2D eigenvalue weighted by molar-refractivity contribution is -0.145. The van der Waals surface area contributed by atoms with E-state index >= 15 is 0 Å². The van der Waals surface area contributed by atoms with Gasteiger partial charge in [-0.15, -0.1) is 0 Å². The summed E-state index contributed by atoms with van der Waals surface area (Å²) in [4.78, 5) is 37.6. The molecule has 7 heteroatoms. The number of hydrogen-bond donors (Lipinski definition) is 0. The number of methoxy groups -OCH3 is 1. The molecular formula is C18H24N4O3. The van der Waals surface area contributed by atoms with E-state index in [1.165, 1.54) is 32.3 Å². The van der Waals surface area contributed by atoms with Crippen molar-refractivity contribution in [3.8, 4) is 6.01 Å². The van der Waals surface area contributed by atoms with Gasteiger partial charge in [0.05, 0.1) is 18.1 Å². The number of carbonyl (C=O) groups excluding carboxylic acids is 2. The second-order valence-corrected chi connectivity index (χ2v) is 7.51. The number of hydrogen-bond acceptors (Lipinski definition) is 5. The molecule has 1 spiro atoms. The Labute approximate surface area is 147 Å². The summed E-state index contributed by atoms with van der Waals surface area (Å²) in [5.41, 5.74) is 0.0618. The first-order chi connectivity index (χ1) is 12.1. The first-order valence-electron chi connectivity index (χ1n) is 9.06. The molecule has 1 aromatic heterocycles. The molecule has 1 saturated carbocycles. The van der Waals surface area contributed by atoms with Gasteiger partial charge >= 0.3 is 6.01 Å². The summed E-state index contributed by atoms with van der Waals surface area (Å²) in [7, 11) is 1.49. The van der Waals surface area contributed by atoms with Crippen molar-refractivity contribution >= 4 is 11.8 Å². The average molecular weight is 344 g/mol. The molecule has 0 radical (unpaired) electrons. The first kappa shape index (κ1) is 16.3. The molecule has 3 fully saturated rings. The molecule has 3 aliphatic rings. The third-order valence-electron chi connectivity index (χ3n) is 5.70. The maximum atomic E-state index is 13.0. The molecule has 0 bridgehead atoms. The van der Waals surface area contributed by atoms with Crippen LogP contribution in [0.2, 0.25) is 0 Å². The molecule has 1 unspecified atom stereocenters. The molecule has 1 aliphatic carbocycles. The topological polar surface area (TPSA) is 75.6 Å². The smallest absolute Gasteiger partial charge is 0.316 e. The van der Waals surface area contributed by atoms with Crippen molar-refractivity contribution in [3.63, 3.8) is 0 Å². The molecule has 4 rings (SSSR count). The highest BCUT2D eigenvalue weighted by molar-refractivity contribution is 5.95. The Hall–Kier alpha value is -2.18. The zero-order chi connectivity index (χ0) is 17.4. The van der Waals surface area contributed by atoms with Crippen molar-refractivity contribution in [3.05, 3.63) is 18.0 Å². The fourth-order valence-corrected chi connectivity index (χ4v) is 4.08. The van der Waals surface area contributed by atoms with E-state index in [9.17, 15) is 9.59 Å². The molecule has 3 heterocycles. The third-order valence-corrected chi connectivity index (χ3v) is 5.70. The second kappa shape index (κ2) is 6.28. The number of rotatable bonds is 4. The molecule has 7 nitrogen and oxygen atoms in total. The quantitative estimate of drug-likeness (QED) is 0.824. The van der Waals surface area contributed by atoms with Crippen LogP contribution in [0.3, 0.4) is 0 Å². The van der Waals surface area contributed by atoms with Crippen molar-refractivity contribution in [1.82, 2.24) is 19.8 Å². The summed E-state index contributed by atoms with van der Waals surface area (Å²) in [5, 5.41) is 0. The van der Waals surface area contributed by atoms with Gasteiger partial charge in [0.25, 0.3) is 5.91 Å². The van der Waals surface area contributed by atoms with Crippen LogP contribution in [0.4, 0.5) is 0 Å². The van der Waals surface area contributed by atoms with Crippen LogP contribution in [0.1, 0.15) is 42.5 Å². The van der Waals surface area contributed by atoms with Gasteiger partial charge in [0.2, 0.25) is 5.91 Å². The van der Waals surface area contributed by atoms with Crippen LogP contribution in [-0.2, 0) is 4.79 Å². The Morgan fingerprint density at radius 2 is 2.04 bits per heavy atom. The molecule has 0 N–H and O–H groups in total. The van der Waals surface area contributed by atoms with Gasteiger partial charge in [-0.2, -0.15) is 0 Å². The fraction of sp³-hybridized carbons (Fsp3) is 0.667. The third kappa shape index (κ3) is 3.07. The summed E-state index contributed by atoms with van der Waals surface area (Å²) in [6.07, 6.45) is 8.15. The van der Waals surface area contributed by atoms with E-state index in [2.05, 4.69) is 9.97 Å². The Morgan fingerprint density at radius 1 is 1.28 bits per heavy atom. The van der Waals surface area contributed by atoms with Gasteiger partial charge in [-0.25, -0.2) is 9.97 Å². The van der Waals surface area contributed by atoms with E-state index in [-0.39, 0.29) is 23.2 Å². The zero-order valence-corrected chi connectivity index (χ0v) is 14.6. The summed E-state index contributed by atoms with van der Waals surface area (Å²) in [6.45, 7) is 2.91. The van der Waals surface area contributed by atoms with Crippen LogP contribution < -0.4 is 4.74 Å². The van der Waals surface area contributed by atoms with E-state index < -0.39 is 0 Å². The van der Waals surface area contributed by atoms with Crippen molar-refractivity contribution in [1.29, 1.82) is 0 Å². The van der Waals surface area contributed by atoms with E-state index in [1.54, 1.807) is 4.90 Å². The zero-order valence-electron chi connectivity index (χ0n) is 14.6. The van der Waals surface area contributed by atoms with E-state index in [0.29, 0.717) is 24.6 Å². The number of ether oxygens (including phenoxy) is 1.